The van der Waals surface area contributed by atoms with E-state index in [9.17, 15) is 4.79 Å². The summed E-state index contributed by atoms with van der Waals surface area (Å²) in [5, 5.41) is 3.38. The van der Waals surface area contributed by atoms with Crippen LogP contribution in [0.15, 0.2) is 11.6 Å². The van der Waals surface area contributed by atoms with E-state index in [1.54, 1.807) is 0 Å². The molecule has 0 aromatic rings. The Kier molecular flexibility index (Phi) is 4.29. The third-order valence-corrected chi connectivity index (χ3v) is 5.18. The fraction of sp³-hybridized carbons (Fsp3) is 0.824. The Labute approximate surface area is 123 Å². The van der Waals surface area contributed by atoms with Crippen LogP contribution in [0.1, 0.15) is 47.5 Å². The molecule has 3 nitrogen and oxygen atoms in total. The molecule has 0 aromatic heterocycles. The summed E-state index contributed by atoms with van der Waals surface area (Å²) in [7, 11) is 0. The van der Waals surface area contributed by atoms with E-state index >= 15 is 0 Å². The number of carbonyl (C=O) groups is 1. The highest BCUT2D eigenvalue weighted by atomic mass is 16.2. The molecule has 1 unspecified atom stereocenters. The first-order chi connectivity index (χ1) is 9.27. The molecule has 1 N–H and O–H groups in total. The van der Waals surface area contributed by atoms with Crippen molar-refractivity contribution in [2.75, 3.05) is 26.2 Å². The Morgan fingerprint density at radius 2 is 2.10 bits per heavy atom. The minimum absolute atomic E-state index is 0.174. The normalized spacial score (nSPS) is 27.9. The Morgan fingerprint density at radius 1 is 1.40 bits per heavy atom. The van der Waals surface area contributed by atoms with Gasteiger partial charge in [0.05, 0.1) is 5.41 Å². The van der Waals surface area contributed by atoms with Gasteiger partial charge in [-0.15, -0.1) is 0 Å². The maximum absolute atomic E-state index is 13.0. The van der Waals surface area contributed by atoms with Crippen molar-refractivity contribution in [3.05, 3.63) is 11.6 Å². The van der Waals surface area contributed by atoms with Crippen LogP contribution in [0.25, 0.3) is 0 Å². The van der Waals surface area contributed by atoms with E-state index in [0.29, 0.717) is 11.8 Å². The second-order valence-electron chi connectivity index (χ2n) is 7.72. The van der Waals surface area contributed by atoms with Gasteiger partial charge < -0.3 is 10.2 Å². The standard InChI is InChI=1S/C17H30N2O/c1-13(2)17(8-9-18-12-17)15(20)19-10-6-14(7-11-19)16(3,4)5/h6,13,18H,7-12H2,1-5H3. The molecule has 20 heavy (non-hydrogen) atoms. The Bertz CT molecular complexity index is 398. The highest BCUT2D eigenvalue weighted by Gasteiger charge is 2.46. The van der Waals surface area contributed by atoms with Crippen molar-refractivity contribution in [1.29, 1.82) is 0 Å². The molecule has 1 atom stereocenters. The van der Waals surface area contributed by atoms with Gasteiger partial charge in [-0.05, 0) is 30.7 Å². The number of rotatable bonds is 2. The van der Waals surface area contributed by atoms with E-state index < -0.39 is 0 Å². The van der Waals surface area contributed by atoms with Crippen LogP contribution < -0.4 is 5.32 Å². The number of amides is 1. The van der Waals surface area contributed by atoms with E-state index in [-0.39, 0.29) is 10.8 Å². The van der Waals surface area contributed by atoms with Crippen molar-refractivity contribution in [1.82, 2.24) is 10.2 Å². The SMILES string of the molecule is CC(C)C1(C(=O)N2CC=C(C(C)(C)C)CC2)CCNC1. The maximum atomic E-state index is 13.0. The number of nitrogens with one attached hydrogen (secondary N) is 1. The summed E-state index contributed by atoms with van der Waals surface area (Å²) in [5.41, 5.74) is 1.55. The molecule has 0 aromatic carbocycles. The summed E-state index contributed by atoms with van der Waals surface area (Å²) >= 11 is 0. The van der Waals surface area contributed by atoms with Gasteiger partial charge >= 0.3 is 0 Å². The zero-order valence-electron chi connectivity index (χ0n) is 13.8. The van der Waals surface area contributed by atoms with Crippen molar-refractivity contribution in [2.24, 2.45) is 16.7 Å². The summed E-state index contributed by atoms with van der Waals surface area (Å²) in [5.74, 6) is 0.764. The van der Waals surface area contributed by atoms with Crippen LogP contribution >= 0.6 is 0 Å². The third-order valence-electron chi connectivity index (χ3n) is 5.18. The maximum Gasteiger partial charge on any atom is 0.230 e. The van der Waals surface area contributed by atoms with Crippen LogP contribution in [0.4, 0.5) is 0 Å². The molecule has 1 fully saturated rings. The lowest BCUT2D eigenvalue weighted by atomic mass is 9.74. The van der Waals surface area contributed by atoms with Gasteiger partial charge in [0.1, 0.15) is 0 Å². The first kappa shape index (κ1) is 15.6. The van der Waals surface area contributed by atoms with Crippen molar-refractivity contribution < 1.29 is 4.79 Å². The van der Waals surface area contributed by atoms with Gasteiger partial charge in [-0.25, -0.2) is 0 Å². The molecule has 2 aliphatic heterocycles. The molecular weight excluding hydrogens is 248 g/mol. The van der Waals surface area contributed by atoms with Crippen LogP contribution in [0, 0.1) is 16.7 Å². The van der Waals surface area contributed by atoms with Crippen LogP contribution in [0.2, 0.25) is 0 Å². The van der Waals surface area contributed by atoms with Crippen molar-refractivity contribution in [2.45, 2.75) is 47.5 Å². The first-order valence-electron chi connectivity index (χ1n) is 7.97. The summed E-state index contributed by atoms with van der Waals surface area (Å²) in [6.07, 6.45) is 4.28. The Balaban J connectivity index is 2.10. The van der Waals surface area contributed by atoms with Gasteiger partial charge in [-0.2, -0.15) is 0 Å². The lowest BCUT2D eigenvalue weighted by molar-refractivity contribution is -0.143. The topological polar surface area (TPSA) is 32.3 Å². The van der Waals surface area contributed by atoms with E-state index in [1.807, 2.05) is 0 Å². The Morgan fingerprint density at radius 3 is 2.50 bits per heavy atom. The van der Waals surface area contributed by atoms with Crippen molar-refractivity contribution in [3.8, 4) is 0 Å². The lowest BCUT2D eigenvalue weighted by Crippen LogP contribution is -2.49. The summed E-state index contributed by atoms with van der Waals surface area (Å²) in [6.45, 7) is 14.6. The van der Waals surface area contributed by atoms with Gasteiger partial charge in [0.15, 0.2) is 0 Å². The molecule has 2 rings (SSSR count). The summed E-state index contributed by atoms with van der Waals surface area (Å²) in [6, 6.07) is 0. The third kappa shape index (κ3) is 2.78. The monoisotopic (exact) mass is 278 g/mol. The van der Waals surface area contributed by atoms with E-state index in [4.69, 9.17) is 0 Å². The fourth-order valence-electron chi connectivity index (χ4n) is 3.48. The smallest absolute Gasteiger partial charge is 0.230 e. The molecule has 1 saturated heterocycles. The number of hydrogen-bond donors (Lipinski definition) is 1. The molecule has 0 radical (unpaired) electrons. The van der Waals surface area contributed by atoms with Crippen molar-refractivity contribution in [3.63, 3.8) is 0 Å². The lowest BCUT2D eigenvalue weighted by Gasteiger charge is -2.39. The van der Waals surface area contributed by atoms with Crippen LogP contribution in [0.5, 0.6) is 0 Å². The zero-order valence-corrected chi connectivity index (χ0v) is 13.8. The average molecular weight is 278 g/mol. The molecule has 2 aliphatic rings. The summed E-state index contributed by atoms with van der Waals surface area (Å²) in [4.78, 5) is 15.0. The van der Waals surface area contributed by atoms with Gasteiger partial charge in [0.2, 0.25) is 5.91 Å². The molecule has 0 spiro atoms. The number of carbonyl (C=O) groups excluding carboxylic acids is 1. The van der Waals surface area contributed by atoms with Gasteiger partial charge in [-0.3, -0.25) is 4.79 Å². The summed E-state index contributed by atoms with van der Waals surface area (Å²) < 4.78 is 0. The van der Waals surface area contributed by atoms with E-state index in [1.165, 1.54) is 5.57 Å². The second-order valence-corrected chi connectivity index (χ2v) is 7.72. The molecule has 1 amide bonds. The van der Waals surface area contributed by atoms with Crippen LogP contribution in [-0.2, 0) is 4.79 Å². The van der Waals surface area contributed by atoms with E-state index in [0.717, 1.165) is 39.0 Å². The fourth-order valence-corrected chi connectivity index (χ4v) is 3.48. The molecule has 3 heteroatoms. The van der Waals surface area contributed by atoms with Crippen molar-refractivity contribution >= 4 is 5.91 Å². The molecular formula is C17H30N2O. The number of nitrogens with zero attached hydrogens (tertiary/aromatic N) is 1. The second kappa shape index (κ2) is 5.51. The predicted molar refractivity (Wildman–Crippen MR) is 83.5 cm³/mol. The highest BCUT2D eigenvalue weighted by molar-refractivity contribution is 5.84. The van der Waals surface area contributed by atoms with Crippen LogP contribution in [0.3, 0.4) is 0 Å². The quantitative estimate of drug-likeness (QED) is 0.788. The van der Waals surface area contributed by atoms with Gasteiger partial charge in [0, 0.05) is 19.6 Å². The minimum atomic E-state index is -0.174. The van der Waals surface area contributed by atoms with Gasteiger partial charge in [0.25, 0.3) is 0 Å². The Hall–Kier alpha value is -0.830. The predicted octanol–water partition coefficient (Wildman–Crippen LogP) is 2.83. The minimum Gasteiger partial charge on any atom is -0.338 e. The first-order valence-corrected chi connectivity index (χ1v) is 7.97. The molecule has 0 aliphatic carbocycles. The molecule has 0 bridgehead atoms. The van der Waals surface area contributed by atoms with E-state index in [2.05, 4.69) is 50.9 Å². The largest absolute Gasteiger partial charge is 0.338 e. The average Bonchev–Trinajstić information content (AvgIpc) is 2.87. The number of hydrogen-bond acceptors (Lipinski definition) is 2. The van der Waals surface area contributed by atoms with Crippen LogP contribution in [-0.4, -0.2) is 37.0 Å². The molecule has 114 valence electrons. The molecule has 2 heterocycles. The van der Waals surface area contributed by atoms with Gasteiger partial charge in [-0.1, -0.05) is 46.3 Å². The zero-order chi connectivity index (χ0) is 15.0. The molecule has 0 saturated carbocycles. The highest BCUT2D eigenvalue weighted by Crippen LogP contribution is 2.38.